The number of nitrogens with zero attached hydrogens (tertiary/aromatic N) is 2. The van der Waals surface area contributed by atoms with E-state index in [1.54, 1.807) is 35.7 Å². The number of furan rings is 1. The van der Waals surface area contributed by atoms with Gasteiger partial charge in [0.05, 0.1) is 25.0 Å². The fourth-order valence-corrected chi connectivity index (χ4v) is 6.07. The van der Waals surface area contributed by atoms with E-state index in [1.165, 1.54) is 7.11 Å². The number of fused-ring (bicyclic) bond motifs is 1. The summed E-state index contributed by atoms with van der Waals surface area (Å²) in [6.45, 7) is 1.47. The highest BCUT2D eigenvalue weighted by atomic mass is 32.2. The first-order chi connectivity index (χ1) is 16.0. The van der Waals surface area contributed by atoms with E-state index in [-0.39, 0.29) is 17.3 Å². The van der Waals surface area contributed by atoms with E-state index in [0.717, 1.165) is 51.8 Å². The van der Waals surface area contributed by atoms with Crippen LogP contribution in [0.25, 0.3) is 10.9 Å². The Morgan fingerprint density at radius 2 is 2.12 bits per heavy atom. The molecule has 2 aromatic heterocycles. The lowest BCUT2D eigenvalue weighted by molar-refractivity contribution is -0.131. The Labute approximate surface area is 202 Å². The van der Waals surface area contributed by atoms with Crippen LogP contribution in [0, 0.1) is 0 Å². The lowest BCUT2D eigenvalue weighted by atomic mass is 10.1. The number of ether oxygens (including phenoxy) is 1. The quantitative estimate of drug-likeness (QED) is 0.351. The van der Waals surface area contributed by atoms with Gasteiger partial charge in [0.25, 0.3) is 0 Å². The molecule has 3 aromatic rings. The molecule has 1 saturated heterocycles. The molecule has 176 valence electrons. The van der Waals surface area contributed by atoms with Gasteiger partial charge >= 0.3 is 5.97 Å². The van der Waals surface area contributed by atoms with Crippen molar-refractivity contribution < 1.29 is 18.7 Å². The maximum Gasteiger partial charge on any atom is 0.337 e. The summed E-state index contributed by atoms with van der Waals surface area (Å²) in [5, 5.41) is 0.983. The Morgan fingerprint density at radius 3 is 2.91 bits per heavy atom. The zero-order valence-electron chi connectivity index (χ0n) is 19.1. The largest absolute Gasteiger partial charge is 0.465 e. The van der Waals surface area contributed by atoms with Gasteiger partial charge in [0.2, 0.25) is 5.91 Å². The number of amides is 1. The second-order valence-electron chi connectivity index (χ2n) is 8.21. The van der Waals surface area contributed by atoms with Gasteiger partial charge in [0.15, 0.2) is 0 Å². The van der Waals surface area contributed by atoms with Crippen molar-refractivity contribution >= 4 is 46.3 Å². The molecule has 1 N–H and O–H groups in total. The van der Waals surface area contributed by atoms with Crippen LogP contribution in [0.1, 0.15) is 39.2 Å². The maximum absolute atomic E-state index is 12.8. The molecule has 1 amide bonds. The fourth-order valence-electron chi connectivity index (χ4n) is 3.95. The van der Waals surface area contributed by atoms with Crippen LogP contribution < -0.4 is 0 Å². The van der Waals surface area contributed by atoms with Crippen LogP contribution in [-0.4, -0.2) is 65.9 Å². The number of carbonyl (C=O) groups excluding carboxylic acids is 2. The molecule has 0 radical (unpaired) electrons. The molecule has 1 unspecified atom stereocenters. The van der Waals surface area contributed by atoms with Gasteiger partial charge in [0, 0.05) is 47.1 Å². The third-order valence-corrected chi connectivity index (χ3v) is 7.73. The molecule has 1 aliphatic heterocycles. The van der Waals surface area contributed by atoms with Crippen LogP contribution in [0.5, 0.6) is 0 Å². The van der Waals surface area contributed by atoms with Crippen molar-refractivity contribution in [2.24, 2.45) is 0 Å². The molecular weight excluding hydrogens is 458 g/mol. The van der Waals surface area contributed by atoms with Crippen molar-refractivity contribution in [1.82, 2.24) is 14.8 Å². The van der Waals surface area contributed by atoms with Crippen molar-refractivity contribution in [3.05, 3.63) is 59.2 Å². The van der Waals surface area contributed by atoms with Crippen molar-refractivity contribution in [1.29, 1.82) is 0 Å². The molecule has 0 bridgehead atoms. The Hall–Kier alpha value is -2.36. The number of hydrogen-bond donors (Lipinski definition) is 1. The average Bonchev–Trinajstić information content (AvgIpc) is 3.42. The van der Waals surface area contributed by atoms with E-state index in [4.69, 9.17) is 9.15 Å². The number of rotatable bonds is 9. The second-order valence-corrected chi connectivity index (χ2v) is 10.5. The first-order valence-corrected chi connectivity index (χ1v) is 13.1. The maximum atomic E-state index is 12.8. The van der Waals surface area contributed by atoms with Crippen LogP contribution in [0.2, 0.25) is 0 Å². The zero-order valence-corrected chi connectivity index (χ0v) is 20.8. The molecule has 33 heavy (non-hydrogen) atoms. The number of carbonyl (C=O) groups is 2. The van der Waals surface area contributed by atoms with Gasteiger partial charge in [-0.05, 0) is 38.4 Å². The molecule has 0 saturated carbocycles. The van der Waals surface area contributed by atoms with Gasteiger partial charge in [-0.2, -0.15) is 11.8 Å². The van der Waals surface area contributed by atoms with E-state index in [0.29, 0.717) is 18.5 Å². The number of aromatic nitrogens is 1. The van der Waals surface area contributed by atoms with Gasteiger partial charge in [-0.3, -0.25) is 4.79 Å². The van der Waals surface area contributed by atoms with Gasteiger partial charge in [-0.1, -0.05) is 6.07 Å². The summed E-state index contributed by atoms with van der Waals surface area (Å²) in [5.74, 6) is 4.18. The van der Waals surface area contributed by atoms with E-state index in [9.17, 15) is 9.59 Å². The number of benzene rings is 1. The van der Waals surface area contributed by atoms with Gasteiger partial charge < -0.3 is 23.9 Å². The van der Waals surface area contributed by atoms with Crippen LogP contribution in [0.15, 0.2) is 40.9 Å². The summed E-state index contributed by atoms with van der Waals surface area (Å²) < 4.78 is 10.7. The lowest BCUT2D eigenvalue weighted by Crippen LogP contribution is -2.38. The van der Waals surface area contributed by atoms with Gasteiger partial charge in [-0.15, -0.1) is 11.8 Å². The molecule has 0 spiro atoms. The van der Waals surface area contributed by atoms with E-state index < -0.39 is 0 Å². The summed E-state index contributed by atoms with van der Waals surface area (Å²) in [5.41, 5.74) is 2.45. The molecule has 1 fully saturated rings. The van der Waals surface area contributed by atoms with E-state index in [1.807, 2.05) is 43.4 Å². The van der Waals surface area contributed by atoms with Crippen LogP contribution in [-0.2, 0) is 21.8 Å². The Kier molecular flexibility index (Phi) is 7.72. The summed E-state index contributed by atoms with van der Waals surface area (Å²) in [4.78, 5) is 32.0. The first-order valence-electron chi connectivity index (χ1n) is 10.9. The number of thioether (sulfide) groups is 2. The first kappa shape index (κ1) is 23.8. The van der Waals surface area contributed by atoms with Crippen LogP contribution >= 0.6 is 23.5 Å². The standard InChI is InChI=1S/C24H29N3O4S2/c1-26(2)14-17-5-6-18(31-17)15-32-11-9-27-22(28)8-10-33-23(27)20-13-25-21-12-16(24(29)30-3)4-7-19(20)21/h4-7,12-13,23,25H,8-11,14-15H2,1-3H3. The summed E-state index contributed by atoms with van der Waals surface area (Å²) in [7, 11) is 5.42. The summed E-state index contributed by atoms with van der Waals surface area (Å²) in [6.07, 6.45) is 2.52. The average molecular weight is 488 g/mol. The molecule has 7 nitrogen and oxygen atoms in total. The van der Waals surface area contributed by atoms with E-state index >= 15 is 0 Å². The third-order valence-electron chi connectivity index (χ3n) is 5.51. The number of aromatic amines is 1. The van der Waals surface area contributed by atoms with Crippen LogP contribution in [0.4, 0.5) is 0 Å². The molecule has 3 heterocycles. The number of methoxy groups -OCH3 is 1. The fraction of sp³-hybridized carbons (Fsp3) is 0.417. The highest BCUT2D eigenvalue weighted by Crippen LogP contribution is 2.40. The van der Waals surface area contributed by atoms with Gasteiger partial charge in [0.1, 0.15) is 16.9 Å². The topological polar surface area (TPSA) is 78.8 Å². The number of nitrogens with one attached hydrogen (secondary N) is 1. The monoisotopic (exact) mass is 487 g/mol. The van der Waals surface area contributed by atoms with Gasteiger partial charge in [-0.25, -0.2) is 4.79 Å². The van der Waals surface area contributed by atoms with Crippen LogP contribution in [0.3, 0.4) is 0 Å². The molecular formula is C24H29N3O4S2. The second kappa shape index (κ2) is 10.7. The molecule has 0 aliphatic carbocycles. The lowest BCUT2D eigenvalue weighted by Gasteiger charge is -2.35. The highest BCUT2D eigenvalue weighted by Gasteiger charge is 2.31. The van der Waals surface area contributed by atoms with E-state index in [2.05, 4.69) is 9.88 Å². The molecule has 1 aromatic carbocycles. The Balaban J connectivity index is 1.41. The minimum absolute atomic E-state index is 0.0418. The minimum atomic E-state index is -0.362. The predicted molar refractivity (Wildman–Crippen MR) is 133 cm³/mol. The van der Waals surface area contributed by atoms with Crippen molar-refractivity contribution in [2.75, 3.05) is 39.3 Å². The normalized spacial score (nSPS) is 16.7. The third kappa shape index (κ3) is 5.59. The smallest absolute Gasteiger partial charge is 0.337 e. The summed E-state index contributed by atoms with van der Waals surface area (Å²) in [6, 6.07) is 9.57. The predicted octanol–water partition coefficient (Wildman–Crippen LogP) is 4.51. The summed E-state index contributed by atoms with van der Waals surface area (Å²) >= 11 is 3.56. The highest BCUT2D eigenvalue weighted by molar-refractivity contribution is 7.99. The molecule has 4 rings (SSSR count). The molecule has 1 aliphatic rings. The van der Waals surface area contributed by atoms with Crippen molar-refractivity contribution in [3.8, 4) is 0 Å². The Bertz CT molecular complexity index is 1120. The minimum Gasteiger partial charge on any atom is -0.465 e. The Morgan fingerprint density at radius 1 is 1.30 bits per heavy atom. The number of hydrogen-bond acceptors (Lipinski definition) is 7. The number of H-pyrrole nitrogens is 1. The molecule has 9 heteroatoms. The zero-order chi connectivity index (χ0) is 23.4. The molecule has 1 atom stereocenters. The number of esters is 1. The SMILES string of the molecule is COC(=O)c1ccc2c(C3SCCC(=O)N3CCSCc3ccc(CN(C)C)o3)c[nH]c2c1. The van der Waals surface area contributed by atoms with Crippen molar-refractivity contribution in [2.45, 2.75) is 24.1 Å². The van der Waals surface area contributed by atoms with Crippen molar-refractivity contribution in [3.63, 3.8) is 0 Å².